The standard InChI is InChI=1S/C15H16ClF3N2O2/c16-11-4-1-3-10(7-11)12-5-2-6-21(12)14(23)8-13(22)20-9-15(17,18)19/h1,3-4,7,12H,2,5-6,8-9H2,(H,20,22)/t12-/m0/s1. The number of carbonyl (C=O) groups excluding carboxylic acids is 2. The first-order valence-corrected chi connectivity index (χ1v) is 7.52. The number of rotatable bonds is 4. The van der Waals surface area contributed by atoms with Crippen molar-refractivity contribution in [3.63, 3.8) is 0 Å². The molecule has 0 bridgehead atoms. The third-order valence-corrected chi connectivity index (χ3v) is 3.84. The summed E-state index contributed by atoms with van der Waals surface area (Å²) < 4.78 is 36.2. The number of carbonyl (C=O) groups is 2. The Balaban J connectivity index is 1.97. The minimum Gasteiger partial charge on any atom is -0.347 e. The van der Waals surface area contributed by atoms with Crippen molar-refractivity contribution in [3.8, 4) is 0 Å². The summed E-state index contributed by atoms with van der Waals surface area (Å²) >= 11 is 5.94. The van der Waals surface area contributed by atoms with Gasteiger partial charge in [-0.25, -0.2) is 0 Å². The van der Waals surface area contributed by atoms with Crippen LogP contribution >= 0.6 is 11.6 Å². The van der Waals surface area contributed by atoms with Crippen LogP contribution in [0.4, 0.5) is 13.2 Å². The quantitative estimate of drug-likeness (QED) is 0.850. The van der Waals surface area contributed by atoms with Crippen molar-refractivity contribution in [2.45, 2.75) is 31.5 Å². The molecular formula is C15H16ClF3N2O2. The third-order valence-electron chi connectivity index (χ3n) is 3.60. The lowest BCUT2D eigenvalue weighted by Crippen LogP contribution is -2.38. The molecule has 1 saturated heterocycles. The van der Waals surface area contributed by atoms with E-state index < -0.39 is 31.0 Å². The normalized spacial score (nSPS) is 18.1. The molecule has 0 unspecified atom stereocenters. The number of nitrogens with one attached hydrogen (secondary N) is 1. The number of halogens is 4. The molecule has 1 atom stereocenters. The summed E-state index contributed by atoms with van der Waals surface area (Å²) in [6, 6.07) is 6.88. The number of amides is 2. The average molecular weight is 349 g/mol. The summed E-state index contributed by atoms with van der Waals surface area (Å²) in [5.41, 5.74) is 0.860. The van der Waals surface area contributed by atoms with Crippen LogP contribution in [-0.2, 0) is 9.59 Å². The van der Waals surface area contributed by atoms with Crippen LogP contribution in [0.25, 0.3) is 0 Å². The van der Waals surface area contributed by atoms with Gasteiger partial charge in [0.1, 0.15) is 13.0 Å². The van der Waals surface area contributed by atoms with Gasteiger partial charge in [0.2, 0.25) is 11.8 Å². The predicted molar refractivity (Wildman–Crippen MR) is 78.8 cm³/mol. The molecule has 0 radical (unpaired) electrons. The summed E-state index contributed by atoms with van der Waals surface area (Å²) in [6.07, 6.45) is -3.58. The van der Waals surface area contributed by atoms with Crippen LogP contribution < -0.4 is 5.32 Å². The first-order chi connectivity index (χ1) is 10.8. The SMILES string of the molecule is O=C(CC(=O)N1CCC[C@H]1c1cccc(Cl)c1)NCC(F)(F)F. The van der Waals surface area contributed by atoms with E-state index in [4.69, 9.17) is 11.6 Å². The summed E-state index contributed by atoms with van der Waals surface area (Å²) in [5, 5.41) is 2.25. The zero-order chi connectivity index (χ0) is 17.0. The Kier molecular flexibility index (Phi) is 5.51. The summed E-state index contributed by atoms with van der Waals surface area (Å²) in [4.78, 5) is 25.2. The third kappa shape index (κ3) is 5.13. The van der Waals surface area contributed by atoms with Gasteiger partial charge in [-0.2, -0.15) is 13.2 Å². The molecule has 2 rings (SSSR count). The molecule has 1 aromatic rings. The predicted octanol–water partition coefficient (Wildman–Crippen LogP) is 3.07. The molecule has 0 aliphatic carbocycles. The Morgan fingerprint density at radius 3 is 2.74 bits per heavy atom. The van der Waals surface area contributed by atoms with Crippen LogP contribution in [0.3, 0.4) is 0 Å². The van der Waals surface area contributed by atoms with Crippen molar-refractivity contribution in [3.05, 3.63) is 34.9 Å². The van der Waals surface area contributed by atoms with Crippen molar-refractivity contribution in [1.29, 1.82) is 0 Å². The van der Waals surface area contributed by atoms with Gasteiger partial charge in [0.25, 0.3) is 0 Å². The number of benzene rings is 1. The molecule has 1 heterocycles. The molecule has 4 nitrogen and oxygen atoms in total. The lowest BCUT2D eigenvalue weighted by Gasteiger charge is -2.25. The van der Waals surface area contributed by atoms with Gasteiger partial charge in [-0.3, -0.25) is 9.59 Å². The molecule has 126 valence electrons. The van der Waals surface area contributed by atoms with Gasteiger partial charge in [0.05, 0.1) is 6.04 Å². The van der Waals surface area contributed by atoms with E-state index in [9.17, 15) is 22.8 Å². The second-order valence-electron chi connectivity index (χ2n) is 5.37. The van der Waals surface area contributed by atoms with Gasteiger partial charge in [-0.05, 0) is 30.5 Å². The van der Waals surface area contributed by atoms with E-state index in [1.165, 1.54) is 4.90 Å². The lowest BCUT2D eigenvalue weighted by molar-refractivity contribution is -0.143. The highest BCUT2D eigenvalue weighted by molar-refractivity contribution is 6.30. The Bertz CT molecular complexity index is 592. The average Bonchev–Trinajstić information content (AvgIpc) is 2.94. The number of alkyl halides is 3. The summed E-state index contributed by atoms with van der Waals surface area (Å²) in [5.74, 6) is -1.41. The van der Waals surface area contributed by atoms with E-state index in [0.717, 1.165) is 18.4 Å². The fourth-order valence-corrected chi connectivity index (χ4v) is 2.82. The summed E-state index contributed by atoms with van der Waals surface area (Å²) in [7, 11) is 0. The van der Waals surface area contributed by atoms with Crippen LogP contribution in [0.2, 0.25) is 5.02 Å². The number of hydrogen-bond acceptors (Lipinski definition) is 2. The topological polar surface area (TPSA) is 49.4 Å². The van der Waals surface area contributed by atoms with Gasteiger partial charge < -0.3 is 10.2 Å². The maximum absolute atomic E-state index is 12.2. The fourth-order valence-electron chi connectivity index (χ4n) is 2.63. The molecule has 2 amide bonds. The lowest BCUT2D eigenvalue weighted by atomic mass is 10.0. The molecule has 1 aliphatic rings. The Morgan fingerprint density at radius 1 is 1.35 bits per heavy atom. The molecule has 0 spiro atoms. The Morgan fingerprint density at radius 2 is 2.09 bits per heavy atom. The number of likely N-dealkylation sites (tertiary alicyclic amines) is 1. The highest BCUT2D eigenvalue weighted by atomic mass is 35.5. The fraction of sp³-hybridized carbons (Fsp3) is 0.467. The van der Waals surface area contributed by atoms with Gasteiger partial charge in [-0.1, -0.05) is 23.7 Å². The second-order valence-corrected chi connectivity index (χ2v) is 5.81. The van der Waals surface area contributed by atoms with Gasteiger partial charge in [-0.15, -0.1) is 0 Å². The first kappa shape index (κ1) is 17.6. The minimum atomic E-state index is -4.49. The first-order valence-electron chi connectivity index (χ1n) is 7.14. The molecule has 23 heavy (non-hydrogen) atoms. The van der Waals surface area contributed by atoms with E-state index >= 15 is 0 Å². The smallest absolute Gasteiger partial charge is 0.347 e. The van der Waals surface area contributed by atoms with E-state index in [2.05, 4.69) is 0 Å². The molecule has 0 saturated carbocycles. The molecule has 8 heteroatoms. The molecule has 0 aromatic heterocycles. The van der Waals surface area contributed by atoms with Crippen molar-refractivity contribution < 1.29 is 22.8 Å². The molecule has 1 aromatic carbocycles. The number of nitrogens with zero attached hydrogens (tertiary/aromatic N) is 1. The summed E-state index contributed by atoms with van der Waals surface area (Å²) in [6.45, 7) is -0.959. The maximum Gasteiger partial charge on any atom is 0.405 e. The van der Waals surface area contributed by atoms with Crippen LogP contribution in [0.5, 0.6) is 0 Å². The highest BCUT2D eigenvalue weighted by Crippen LogP contribution is 2.33. The van der Waals surface area contributed by atoms with E-state index in [1.54, 1.807) is 23.5 Å². The van der Waals surface area contributed by atoms with Gasteiger partial charge in [0, 0.05) is 11.6 Å². The number of hydrogen-bond donors (Lipinski definition) is 1. The monoisotopic (exact) mass is 348 g/mol. The van der Waals surface area contributed by atoms with Crippen molar-refractivity contribution in [2.24, 2.45) is 0 Å². The van der Waals surface area contributed by atoms with Crippen LogP contribution in [0.1, 0.15) is 30.9 Å². The van der Waals surface area contributed by atoms with Crippen LogP contribution in [0.15, 0.2) is 24.3 Å². The minimum absolute atomic E-state index is 0.198. The molecule has 1 N–H and O–H groups in total. The van der Waals surface area contributed by atoms with Crippen molar-refractivity contribution in [2.75, 3.05) is 13.1 Å². The zero-order valence-electron chi connectivity index (χ0n) is 12.2. The van der Waals surface area contributed by atoms with Crippen LogP contribution in [0, 0.1) is 0 Å². The van der Waals surface area contributed by atoms with E-state index in [1.807, 2.05) is 6.07 Å². The van der Waals surface area contributed by atoms with Gasteiger partial charge in [0.15, 0.2) is 0 Å². The Labute approximate surface area is 136 Å². The van der Waals surface area contributed by atoms with E-state index in [-0.39, 0.29) is 6.04 Å². The van der Waals surface area contributed by atoms with Crippen molar-refractivity contribution in [1.82, 2.24) is 10.2 Å². The highest BCUT2D eigenvalue weighted by Gasteiger charge is 2.32. The van der Waals surface area contributed by atoms with Gasteiger partial charge >= 0.3 is 6.18 Å². The molecular weight excluding hydrogens is 333 g/mol. The van der Waals surface area contributed by atoms with Crippen molar-refractivity contribution >= 4 is 23.4 Å². The molecule has 1 aliphatic heterocycles. The zero-order valence-corrected chi connectivity index (χ0v) is 13.0. The Hall–Kier alpha value is -1.76. The maximum atomic E-state index is 12.2. The largest absolute Gasteiger partial charge is 0.405 e. The molecule has 1 fully saturated rings. The van der Waals surface area contributed by atoms with E-state index in [0.29, 0.717) is 11.6 Å². The second kappa shape index (κ2) is 7.21. The van der Waals surface area contributed by atoms with Crippen LogP contribution in [-0.4, -0.2) is 36.0 Å².